The van der Waals surface area contributed by atoms with Crippen molar-refractivity contribution in [2.45, 2.75) is 26.5 Å². The molecule has 0 aliphatic heterocycles. The number of carbonyl (C=O) groups excluding carboxylic acids is 1. The number of nitrogens with zero attached hydrogens (tertiary/aromatic N) is 1. The Kier molecular flexibility index (Phi) is 5.26. The first kappa shape index (κ1) is 14.7. The van der Waals surface area contributed by atoms with Crippen LogP contribution < -0.4 is 5.32 Å². The Morgan fingerprint density at radius 2 is 2.30 bits per heavy atom. The van der Waals surface area contributed by atoms with Crippen molar-refractivity contribution in [3.05, 3.63) is 51.5 Å². The molecule has 0 unspecified atom stereocenters. The maximum atomic E-state index is 11.9. The van der Waals surface area contributed by atoms with Crippen LogP contribution >= 0.6 is 11.3 Å². The lowest BCUT2D eigenvalue weighted by atomic mass is 10.1. The number of hydrogen-bond donors (Lipinski definition) is 1. The van der Waals surface area contributed by atoms with E-state index in [4.69, 9.17) is 4.74 Å². The van der Waals surface area contributed by atoms with Crippen LogP contribution in [-0.2, 0) is 29.1 Å². The molecule has 20 heavy (non-hydrogen) atoms. The molecule has 2 aromatic rings. The normalized spacial score (nSPS) is 10.5. The van der Waals surface area contributed by atoms with Gasteiger partial charge in [0.1, 0.15) is 5.01 Å². The minimum atomic E-state index is -0.0132. The van der Waals surface area contributed by atoms with E-state index in [9.17, 15) is 4.79 Å². The predicted octanol–water partition coefficient (Wildman–Crippen LogP) is 2.46. The van der Waals surface area contributed by atoms with E-state index in [1.165, 1.54) is 16.9 Å². The minimum absolute atomic E-state index is 0.0132. The molecule has 5 heteroatoms. The lowest BCUT2D eigenvalue weighted by Crippen LogP contribution is -2.24. The SMILES string of the molecule is COCc1nc(CC(=O)NCc2cccc(C)c2)cs1. The smallest absolute Gasteiger partial charge is 0.226 e. The molecule has 0 aliphatic carbocycles. The molecule has 0 spiro atoms. The van der Waals surface area contributed by atoms with Gasteiger partial charge in [0.25, 0.3) is 0 Å². The fourth-order valence-electron chi connectivity index (χ4n) is 1.87. The molecule has 0 aliphatic rings. The molecule has 1 heterocycles. The summed E-state index contributed by atoms with van der Waals surface area (Å²) in [5.41, 5.74) is 3.10. The largest absolute Gasteiger partial charge is 0.378 e. The van der Waals surface area contributed by atoms with E-state index in [2.05, 4.69) is 16.4 Å². The highest BCUT2D eigenvalue weighted by molar-refractivity contribution is 7.09. The van der Waals surface area contributed by atoms with Gasteiger partial charge in [0.2, 0.25) is 5.91 Å². The molecule has 2 rings (SSSR count). The van der Waals surface area contributed by atoms with Gasteiger partial charge in [-0.15, -0.1) is 11.3 Å². The van der Waals surface area contributed by atoms with Gasteiger partial charge >= 0.3 is 0 Å². The first-order chi connectivity index (χ1) is 9.67. The number of methoxy groups -OCH3 is 1. The number of hydrogen-bond acceptors (Lipinski definition) is 4. The molecule has 0 saturated carbocycles. The van der Waals surface area contributed by atoms with Crippen molar-refractivity contribution in [2.24, 2.45) is 0 Å². The number of aromatic nitrogens is 1. The molecule has 1 N–H and O–H groups in total. The maximum Gasteiger partial charge on any atom is 0.226 e. The monoisotopic (exact) mass is 290 g/mol. The van der Waals surface area contributed by atoms with Gasteiger partial charge in [-0.2, -0.15) is 0 Å². The number of carbonyl (C=O) groups is 1. The Balaban J connectivity index is 1.82. The lowest BCUT2D eigenvalue weighted by Gasteiger charge is -2.05. The topological polar surface area (TPSA) is 51.2 Å². The van der Waals surface area contributed by atoms with Gasteiger partial charge in [-0.25, -0.2) is 4.98 Å². The Labute approximate surface area is 122 Å². The van der Waals surface area contributed by atoms with Crippen LogP contribution in [0.25, 0.3) is 0 Å². The van der Waals surface area contributed by atoms with Gasteiger partial charge in [-0.1, -0.05) is 29.8 Å². The highest BCUT2D eigenvalue weighted by atomic mass is 32.1. The third-order valence-corrected chi connectivity index (χ3v) is 3.65. The summed E-state index contributed by atoms with van der Waals surface area (Å²) in [6.07, 6.45) is 0.312. The van der Waals surface area contributed by atoms with Crippen molar-refractivity contribution in [2.75, 3.05) is 7.11 Å². The van der Waals surface area contributed by atoms with E-state index in [1.807, 2.05) is 30.5 Å². The number of thiazole rings is 1. The molecule has 1 aromatic carbocycles. The van der Waals surface area contributed by atoms with Gasteiger partial charge in [-0.05, 0) is 12.5 Å². The molecule has 0 saturated heterocycles. The van der Waals surface area contributed by atoms with Crippen LogP contribution in [0.3, 0.4) is 0 Å². The van der Waals surface area contributed by atoms with Crippen molar-refractivity contribution < 1.29 is 9.53 Å². The van der Waals surface area contributed by atoms with Crippen LogP contribution in [0, 0.1) is 6.92 Å². The van der Waals surface area contributed by atoms with Crippen LogP contribution in [0.2, 0.25) is 0 Å². The van der Waals surface area contributed by atoms with Crippen molar-refractivity contribution in [3.63, 3.8) is 0 Å². The summed E-state index contributed by atoms with van der Waals surface area (Å²) in [6.45, 7) is 3.09. The van der Waals surface area contributed by atoms with E-state index in [1.54, 1.807) is 7.11 Å². The van der Waals surface area contributed by atoms with Crippen molar-refractivity contribution in [3.8, 4) is 0 Å². The second-order valence-electron chi connectivity index (χ2n) is 4.61. The highest BCUT2D eigenvalue weighted by Gasteiger charge is 2.07. The highest BCUT2D eigenvalue weighted by Crippen LogP contribution is 2.11. The van der Waals surface area contributed by atoms with E-state index >= 15 is 0 Å². The van der Waals surface area contributed by atoms with Crippen LogP contribution in [-0.4, -0.2) is 18.0 Å². The molecular weight excluding hydrogens is 272 g/mol. The average Bonchev–Trinajstić information content (AvgIpc) is 2.84. The van der Waals surface area contributed by atoms with Gasteiger partial charge in [0, 0.05) is 19.0 Å². The van der Waals surface area contributed by atoms with Crippen molar-refractivity contribution in [1.82, 2.24) is 10.3 Å². The van der Waals surface area contributed by atoms with Crippen LogP contribution in [0.15, 0.2) is 29.6 Å². The zero-order chi connectivity index (χ0) is 14.4. The number of aryl methyl sites for hydroxylation is 1. The second kappa shape index (κ2) is 7.17. The van der Waals surface area contributed by atoms with E-state index < -0.39 is 0 Å². The summed E-state index contributed by atoms with van der Waals surface area (Å²) in [4.78, 5) is 16.2. The van der Waals surface area contributed by atoms with Gasteiger partial charge in [0.15, 0.2) is 0 Å². The Morgan fingerprint density at radius 1 is 1.45 bits per heavy atom. The Morgan fingerprint density at radius 3 is 3.05 bits per heavy atom. The van der Waals surface area contributed by atoms with E-state index in [0.29, 0.717) is 19.6 Å². The predicted molar refractivity (Wildman–Crippen MR) is 79.6 cm³/mol. The summed E-state index contributed by atoms with van der Waals surface area (Å²) in [6, 6.07) is 8.11. The van der Waals surface area contributed by atoms with Crippen molar-refractivity contribution >= 4 is 17.2 Å². The van der Waals surface area contributed by atoms with Gasteiger partial charge < -0.3 is 10.1 Å². The minimum Gasteiger partial charge on any atom is -0.378 e. The molecule has 0 atom stereocenters. The average molecular weight is 290 g/mol. The third kappa shape index (κ3) is 4.43. The fourth-order valence-corrected chi connectivity index (χ4v) is 2.63. The van der Waals surface area contributed by atoms with Crippen molar-refractivity contribution in [1.29, 1.82) is 0 Å². The first-order valence-corrected chi connectivity index (χ1v) is 7.30. The Hall–Kier alpha value is -1.72. The van der Waals surface area contributed by atoms with Crippen LogP contribution in [0.4, 0.5) is 0 Å². The summed E-state index contributed by atoms with van der Waals surface area (Å²) >= 11 is 1.52. The zero-order valence-electron chi connectivity index (χ0n) is 11.7. The van der Waals surface area contributed by atoms with E-state index in [0.717, 1.165) is 16.3 Å². The molecule has 0 bridgehead atoms. The molecule has 4 nitrogen and oxygen atoms in total. The van der Waals surface area contributed by atoms with Crippen LogP contribution in [0.1, 0.15) is 21.8 Å². The van der Waals surface area contributed by atoms with E-state index in [-0.39, 0.29) is 5.91 Å². The first-order valence-electron chi connectivity index (χ1n) is 6.42. The number of rotatable bonds is 6. The number of nitrogens with one attached hydrogen (secondary N) is 1. The molecule has 106 valence electrons. The van der Waals surface area contributed by atoms with Gasteiger partial charge in [0.05, 0.1) is 18.7 Å². The van der Waals surface area contributed by atoms with Crippen LogP contribution in [0.5, 0.6) is 0 Å². The summed E-state index contributed by atoms with van der Waals surface area (Å²) in [5, 5.41) is 5.71. The lowest BCUT2D eigenvalue weighted by molar-refractivity contribution is -0.120. The Bertz CT molecular complexity index is 581. The fraction of sp³-hybridized carbons (Fsp3) is 0.333. The van der Waals surface area contributed by atoms with Gasteiger partial charge in [-0.3, -0.25) is 4.79 Å². The molecular formula is C15H18N2O2S. The molecule has 1 amide bonds. The third-order valence-electron chi connectivity index (χ3n) is 2.78. The second-order valence-corrected chi connectivity index (χ2v) is 5.55. The quantitative estimate of drug-likeness (QED) is 0.889. The molecule has 1 aromatic heterocycles. The molecule has 0 fully saturated rings. The number of ether oxygens (including phenoxy) is 1. The number of amides is 1. The molecule has 0 radical (unpaired) electrons. The zero-order valence-corrected chi connectivity index (χ0v) is 12.5. The maximum absolute atomic E-state index is 11.9. The summed E-state index contributed by atoms with van der Waals surface area (Å²) < 4.78 is 5.01. The summed E-state index contributed by atoms with van der Waals surface area (Å²) in [7, 11) is 1.63. The number of benzene rings is 1. The standard InChI is InChI=1S/C15H18N2O2S/c1-11-4-3-5-12(6-11)8-16-14(18)7-13-10-20-15(17-13)9-19-2/h3-6,10H,7-9H2,1-2H3,(H,16,18). The summed E-state index contributed by atoms with van der Waals surface area (Å²) in [5.74, 6) is -0.0132.